The zero-order chi connectivity index (χ0) is 8.15. The van der Waals surface area contributed by atoms with Gasteiger partial charge in [-0.25, -0.2) is 9.86 Å². The van der Waals surface area contributed by atoms with Crippen molar-refractivity contribution in [2.45, 2.75) is 6.92 Å². The third kappa shape index (κ3) is 2.68. The van der Waals surface area contributed by atoms with E-state index in [1.54, 1.807) is 21.1 Å². The van der Waals surface area contributed by atoms with Gasteiger partial charge in [-0.3, -0.25) is 4.84 Å². The minimum atomic E-state index is -0.151. The molecule has 0 N–H and O–H groups in total. The number of hydrogen-bond donors (Lipinski definition) is 0. The van der Waals surface area contributed by atoms with E-state index in [1.807, 2.05) is 6.92 Å². The summed E-state index contributed by atoms with van der Waals surface area (Å²) in [6, 6.07) is -0.151. The van der Waals surface area contributed by atoms with Gasteiger partial charge in [0, 0.05) is 21.1 Å². The van der Waals surface area contributed by atoms with Crippen LogP contribution >= 0.6 is 0 Å². The van der Waals surface area contributed by atoms with Crippen LogP contribution in [-0.4, -0.2) is 43.7 Å². The molecule has 4 nitrogen and oxygen atoms in total. The Labute approximate surface area is 61.3 Å². The average Bonchev–Trinajstić information content (AvgIpc) is 1.87. The Balaban J connectivity index is 3.71. The maximum atomic E-state index is 11.0. The summed E-state index contributed by atoms with van der Waals surface area (Å²) in [5.41, 5.74) is 0. The first-order valence-electron chi connectivity index (χ1n) is 3.17. The van der Waals surface area contributed by atoms with Crippen LogP contribution < -0.4 is 0 Å². The monoisotopic (exact) mass is 146 g/mol. The summed E-state index contributed by atoms with van der Waals surface area (Å²) in [6.45, 7) is 2.34. The summed E-state index contributed by atoms with van der Waals surface area (Å²) < 4.78 is 0. The Morgan fingerprint density at radius 1 is 1.40 bits per heavy atom. The molecule has 4 heteroatoms. The van der Waals surface area contributed by atoms with Crippen LogP contribution in [0.1, 0.15) is 6.92 Å². The second-order valence-electron chi connectivity index (χ2n) is 2.09. The maximum absolute atomic E-state index is 11.0. The van der Waals surface area contributed by atoms with Gasteiger partial charge in [0.1, 0.15) is 0 Å². The first-order valence-corrected chi connectivity index (χ1v) is 3.17. The molecule has 0 saturated heterocycles. The minimum absolute atomic E-state index is 0.151. The Morgan fingerprint density at radius 2 is 1.90 bits per heavy atom. The highest BCUT2D eigenvalue weighted by Gasteiger charge is 2.08. The van der Waals surface area contributed by atoms with Crippen LogP contribution in [0.5, 0.6) is 0 Å². The number of rotatable bonds is 2. The molecule has 0 bridgehead atoms. The van der Waals surface area contributed by atoms with Crippen LogP contribution in [0, 0.1) is 0 Å². The topological polar surface area (TPSA) is 32.8 Å². The van der Waals surface area contributed by atoms with Crippen LogP contribution in [0.25, 0.3) is 0 Å². The Bertz CT molecular complexity index is 114. The molecule has 0 spiro atoms. The number of urea groups is 1. The van der Waals surface area contributed by atoms with Gasteiger partial charge in [0.15, 0.2) is 0 Å². The summed E-state index contributed by atoms with van der Waals surface area (Å²) in [5.74, 6) is 0. The van der Waals surface area contributed by atoms with Gasteiger partial charge >= 0.3 is 6.03 Å². The summed E-state index contributed by atoms with van der Waals surface area (Å²) in [4.78, 5) is 17.3. The molecule has 0 aromatic carbocycles. The van der Waals surface area contributed by atoms with Gasteiger partial charge in [0.05, 0.1) is 6.61 Å². The van der Waals surface area contributed by atoms with Gasteiger partial charge in [-0.15, -0.1) is 0 Å². The SMILES string of the molecule is CCON(C)C(=O)N(C)C. The predicted octanol–water partition coefficient (Wildman–Crippen LogP) is 0.551. The molecular weight excluding hydrogens is 132 g/mol. The highest BCUT2D eigenvalue weighted by molar-refractivity contribution is 5.72. The lowest BCUT2D eigenvalue weighted by molar-refractivity contribution is -0.0989. The molecule has 10 heavy (non-hydrogen) atoms. The van der Waals surface area contributed by atoms with Crippen LogP contribution in [0.15, 0.2) is 0 Å². The standard InChI is InChI=1S/C6H14N2O2/c1-5-10-8(4)6(9)7(2)3/h5H2,1-4H3. The zero-order valence-corrected chi connectivity index (χ0v) is 6.92. The van der Waals surface area contributed by atoms with Crippen LogP contribution in [0.2, 0.25) is 0 Å². The highest BCUT2D eigenvalue weighted by Crippen LogP contribution is 1.90. The molecule has 0 aliphatic carbocycles. The van der Waals surface area contributed by atoms with E-state index in [4.69, 9.17) is 4.84 Å². The minimum Gasteiger partial charge on any atom is -0.329 e. The fourth-order valence-corrected chi connectivity index (χ4v) is 0.531. The first-order chi connectivity index (χ1) is 4.59. The summed E-state index contributed by atoms with van der Waals surface area (Å²) in [5, 5.41) is 1.21. The van der Waals surface area contributed by atoms with Gasteiger partial charge in [-0.05, 0) is 6.92 Å². The normalized spacial score (nSPS) is 9.20. The van der Waals surface area contributed by atoms with Crippen LogP contribution in [0.4, 0.5) is 4.79 Å². The number of hydrogen-bond acceptors (Lipinski definition) is 2. The van der Waals surface area contributed by atoms with Crippen molar-refractivity contribution in [1.82, 2.24) is 9.96 Å². The number of carbonyl (C=O) groups is 1. The third-order valence-corrected chi connectivity index (χ3v) is 0.975. The lowest BCUT2D eigenvalue weighted by Gasteiger charge is -2.19. The lowest BCUT2D eigenvalue weighted by atomic mass is 10.8. The molecule has 0 aliphatic rings. The van der Waals surface area contributed by atoms with E-state index in [0.717, 1.165) is 0 Å². The van der Waals surface area contributed by atoms with Crippen molar-refractivity contribution in [1.29, 1.82) is 0 Å². The van der Waals surface area contributed by atoms with E-state index < -0.39 is 0 Å². The van der Waals surface area contributed by atoms with Gasteiger partial charge < -0.3 is 4.90 Å². The number of amides is 2. The third-order valence-electron chi connectivity index (χ3n) is 0.975. The molecule has 0 fully saturated rings. The fraction of sp³-hybridized carbons (Fsp3) is 0.833. The van der Waals surface area contributed by atoms with E-state index in [9.17, 15) is 4.79 Å². The molecule has 0 radical (unpaired) electrons. The van der Waals surface area contributed by atoms with E-state index in [-0.39, 0.29) is 6.03 Å². The van der Waals surface area contributed by atoms with Crippen molar-refractivity contribution in [3.8, 4) is 0 Å². The smallest absolute Gasteiger partial charge is 0.329 e. The molecule has 0 heterocycles. The highest BCUT2D eigenvalue weighted by atomic mass is 16.7. The molecular formula is C6H14N2O2. The van der Waals surface area contributed by atoms with Crippen molar-refractivity contribution in [3.05, 3.63) is 0 Å². The van der Waals surface area contributed by atoms with Gasteiger partial charge in [0.25, 0.3) is 0 Å². The quantitative estimate of drug-likeness (QED) is 0.533. The average molecular weight is 146 g/mol. The number of hydroxylamine groups is 2. The molecule has 0 aliphatic heterocycles. The Kier molecular flexibility index (Phi) is 3.79. The number of carbonyl (C=O) groups excluding carboxylic acids is 1. The molecule has 60 valence electrons. The maximum Gasteiger partial charge on any atom is 0.343 e. The molecule has 0 saturated carbocycles. The summed E-state index contributed by atoms with van der Waals surface area (Å²) in [6.07, 6.45) is 0. The van der Waals surface area contributed by atoms with Crippen LogP contribution in [0.3, 0.4) is 0 Å². The van der Waals surface area contributed by atoms with E-state index in [0.29, 0.717) is 6.61 Å². The van der Waals surface area contributed by atoms with E-state index in [2.05, 4.69) is 0 Å². The van der Waals surface area contributed by atoms with Crippen molar-refractivity contribution in [2.75, 3.05) is 27.7 Å². The van der Waals surface area contributed by atoms with Crippen molar-refractivity contribution in [2.24, 2.45) is 0 Å². The van der Waals surface area contributed by atoms with Gasteiger partial charge in [-0.1, -0.05) is 0 Å². The lowest BCUT2D eigenvalue weighted by Crippen LogP contribution is -2.36. The summed E-state index contributed by atoms with van der Waals surface area (Å²) in [7, 11) is 4.95. The van der Waals surface area contributed by atoms with Gasteiger partial charge in [0.2, 0.25) is 0 Å². The van der Waals surface area contributed by atoms with Crippen LogP contribution in [-0.2, 0) is 4.84 Å². The molecule has 0 unspecified atom stereocenters. The summed E-state index contributed by atoms with van der Waals surface area (Å²) >= 11 is 0. The Morgan fingerprint density at radius 3 is 2.20 bits per heavy atom. The molecule has 0 atom stereocenters. The first kappa shape index (κ1) is 9.23. The number of nitrogens with zero attached hydrogens (tertiary/aromatic N) is 2. The predicted molar refractivity (Wildman–Crippen MR) is 38.5 cm³/mol. The molecule has 0 aromatic rings. The van der Waals surface area contributed by atoms with Crippen molar-refractivity contribution >= 4 is 6.03 Å². The van der Waals surface area contributed by atoms with E-state index in [1.165, 1.54) is 9.96 Å². The molecule has 0 rings (SSSR count). The zero-order valence-electron chi connectivity index (χ0n) is 6.92. The fourth-order valence-electron chi connectivity index (χ4n) is 0.531. The second-order valence-corrected chi connectivity index (χ2v) is 2.09. The van der Waals surface area contributed by atoms with E-state index >= 15 is 0 Å². The van der Waals surface area contributed by atoms with Gasteiger partial charge in [-0.2, -0.15) is 0 Å². The Hall–Kier alpha value is -0.770. The second kappa shape index (κ2) is 4.11. The largest absolute Gasteiger partial charge is 0.343 e. The van der Waals surface area contributed by atoms with Crippen molar-refractivity contribution < 1.29 is 9.63 Å². The molecule has 2 amide bonds. The molecule has 0 aromatic heterocycles. The van der Waals surface area contributed by atoms with Crippen molar-refractivity contribution in [3.63, 3.8) is 0 Å².